The Labute approximate surface area is 159 Å². The second kappa shape index (κ2) is 7.86. The summed E-state index contributed by atoms with van der Waals surface area (Å²) in [6.45, 7) is 5.31. The highest BCUT2D eigenvalue weighted by Gasteiger charge is 2.35. The second-order valence-electron chi connectivity index (χ2n) is 7.81. The normalized spacial score (nSPS) is 26.0. The number of rotatable bonds is 5. The van der Waals surface area contributed by atoms with Gasteiger partial charge in [0.2, 0.25) is 5.91 Å². The smallest absolute Gasteiger partial charge is 0.326 e. The van der Waals surface area contributed by atoms with Crippen LogP contribution in [0.15, 0.2) is 29.1 Å². The molecule has 2 aliphatic rings. The van der Waals surface area contributed by atoms with Gasteiger partial charge >= 0.3 is 5.69 Å². The molecule has 146 valence electrons. The molecule has 1 aromatic heterocycles. The zero-order chi connectivity index (χ0) is 18.8. The van der Waals surface area contributed by atoms with Crippen LogP contribution in [-0.2, 0) is 11.3 Å². The summed E-state index contributed by atoms with van der Waals surface area (Å²) in [4.78, 5) is 29.9. The first-order chi connectivity index (χ1) is 13.2. The fraction of sp³-hybridized carbons (Fsp3) is 0.600. The van der Waals surface area contributed by atoms with Crippen molar-refractivity contribution in [2.75, 3.05) is 19.6 Å². The number of amides is 1. The highest BCUT2D eigenvalue weighted by atomic mass is 16.2. The molecule has 2 fully saturated rings. The Bertz CT molecular complexity index is 857. The molecule has 0 aliphatic carbocycles. The van der Waals surface area contributed by atoms with E-state index in [2.05, 4.69) is 22.8 Å². The van der Waals surface area contributed by atoms with E-state index >= 15 is 0 Å². The van der Waals surface area contributed by atoms with Gasteiger partial charge in [-0.15, -0.1) is 0 Å². The van der Waals surface area contributed by atoms with Crippen LogP contribution in [0.25, 0.3) is 11.0 Å². The number of piperidine rings is 1. The topological polar surface area (TPSA) is 82.2 Å². The van der Waals surface area contributed by atoms with Crippen molar-refractivity contribution in [3.63, 3.8) is 0 Å². The van der Waals surface area contributed by atoms with Crippen molar-refractivity contribution in [1.82, 2.24) is 25.3 Å². The number of nitrogens with one attached hydrogen (secondary N) is 3. The van der Waals surface area contributed by atoms with Gasteiger partial charge in [0.25, 0.3) is 0 Å². The fourth-order valence-electron chi connectivity index (χ4n) is 4.68. The first-order valence-corrected chi connectivity index (χ1v) is 10.1. The molecular formula is C20H29N5O2. The summed E-state index contributed by atoms with van der Waals surface area (Å²) < 4.78 is 1.67. The van der Waals surface area contributed by atoms with Crippen molar-refractivity contribution < 1.29 is 4.79 Å². The predicted molar refractivity (Wildman–Crippen MR) is 105 cm³/mol. The lowest BCUT2D eigenvalue weighted by Gasteiger charge is -2.37. The molecule has 3 N–H and O–H groups in total. The lowest BCUT2D eigenvalue weighted by atomic mass is 9.83. The number of H-pyrrole nitrogens is 1. The summed E-state index contributed by atoms with van der Waals surface area (Å²) in [5.74, 6) is 1.28. The van der Waals surface area contributed by atoms with Crippen molar-refractivity contribution in [1.29, 1.82) is 0 Å². The zero-order valence-corrected chi connectivity index (χ0v) is 15.9. The molecule has 4 rings (SSSR count). The molecule has 0 spiro atoms. The number of aromatic nitrogens is 2. The molecule has 1 amide bonds. The van der Waals surface area contributed by atoms with Gasteiger partial charge in [0, 0.05) is 38.6 Å². The highest BCUT2D eigenvalue weighted by Crippen LogP contribution is 2.27. The van der Waals surface area contributed by atoms with Crippen LogP contribution in [-0.4, -0.2) is 46.0 Å². The third-order valence-corrected chi connectivity index (χ3v) is 6.21. The molecule has 2 aliphatic heterocycles. The maximum atomic E-state index is 12.8. The molecule has 3 unspecified atom stereocenters. The lowest BCUT2D eigenvalue weighted by molar-refractivity contribution is -0.133. The van der Waals surface area contributed by atoms with Gasteiger partial charge < -0.3 is 9.88 Å². The summed E-state index contributed by atoms with van der Waals surface area (Å²) in [6.07, 6.45) is 3.74. The van der Waals surface area contributed by atoms with Crippen LogP contribution in [0, 0.1) is 11.8 Å². The summed E-state index contributed by atoms with van der Waals surface area (Å²) in [7, 11) is 0. The molecule has 2 aromatic rings. The fourth-order valence-corrected chi connectivity index (χ4v) is 4.68. The van der Waals surface area contributed by atoms with E-state index in [4.69, 9.17) is 0 Å². The van der Waals surface area contributed by atoms with E-state index in [1.54, 1.807) is 4.57 Å². The monoisotopic (exact) mass is 371 g/mol. The summed E-state index contributed by atoms with van der Waals surface area (Å²) >= 11 is 0. The minimum Gasteiger partial charge on any atom is -0.342 e. The number of fused-ring (bicyclic) bond motifs is 1. The number of aromatic amines is 1. The number of imidazole rings is 1. The largest absolute Gasteiger partial charge is 0.342 e. The van der Waals surface area contributed by atoms with E-state index in [0.29, 0.717) is 30.8 Å². The van der Waals surface area contributed by atoms with Crippen molar-refractivity contribution in [2.24, 2.45) is 11.8 Å². The van der Waals surface area contributed by atoms with Crippen molar-refractivity contribution in [3.8, 4) is 0 Å². The van der Waals surface area contributed by atoms with Crippen molar-refractivity contribution >= 4 is 16.9 Å². The number of hydrazine groups is 1. The second-order valence-corrected chi connectivity index (χ2v) is 7.81. The number of hydrogen-bond donors (Lipinski definition) is 3. The van der Waals surface area contributed by atoms with Crippen LogP contribution in [0.1, 0.15) is 32.6 Å². The molecule has 7 nitrogen and oxygen atoms in total. The Morgan fingerprint density at radius 1 is 1.30 bits per heavy atom. The minimum absolute atomic E-state index is 0.146. The van der Waals surface area contributed by atoms with Gasteiger partial charge in [0.05, 0.1) is 11.0 Å². The Hall–Kier alpha value is -2.12. The number of carbonyl (C=O) groups excluding carboxylic acids is 1. The maximum Gasteiger partial charge on any atom is 0.326 e. The van der Waals surface area contributed by atoms with Gasteiger partial charge in [0.15, 0.2) is 0 Å². The number of para-hydroxylation sites is 2. The van der Waals surface area contributed by atoms with Crippen LogP contribution in [0.3, 0.4) is 0 Å². The van der Waals surface area contributed by atoms with E-state index in [1.165, 1.54) is 6.42 Å². The molecule has 2 saturated heterocycles. The SMILES string of the molecule is CCC1CNNC1C1CCCN(C(=O)CCn2c(=O)[nH]c3ccccc32)C1. The van der Waals surface area contributed by atoms with E-state index in [9.17, 15) is 9.59 Å². The summed E-state index contributed by atoms with van der Waals surface area (Å²) in [6, 6.07) is 8.06. The number of nitrogens with zero attached hydrogens (tertiary/aromatic N) is 2. The third kappa shape index (κ3) is 3.66. The van der Waals surface area contributed by atoms with E-state index in [1.807, 2.05) is 29.2 Å². The van der Waals surface area contributed by atoms with Gasteiger partial charge in [-0.2, -0.15) is 0 Å². The van der Waals surface area contributed by atoms with Crippen molar-refractivity contribution in [2.45, 2.75) is 45.2 Å². The van der Waals surface area contributed by atoms with Crippen LogP contribution in [0.2, 0.25) is 0 Å². The average molecular weight is 371 g/mol. The van der Waals surface area contributed by atoms with Crippen LogP contribution in [0.5, 0.6) is 0 Å². The van der Waals surface area contributed by atoms with Gasteiger partial charge in [0.1, 0.15) is 0 Å². The van der Waals surface area contributed by atoms with Gasteiger partial charge in [-0.3, -0.25) is 20.2 Å². The van der Waals surface area contributed by atoms with Crippen molar-refractivity contribution in [3.05, 3.63) is 34.7 Å². The van der Waals surface area contributed by atoms with E-state index in [0.717, 1.165) is 43.5 Å². The predicted octanol–water partition coefficient (Wildman–Crippen LogP) is 1.46. The number of likely N-dealkylation sites (tertiary alicyclic amines) is 1. The molecule has 0 bridgehead atoms. The summed E-state index contributed by atoms with van der Waals surface area (Å²) in [5, 5.41) is 0. The standard InChI is InChI=1S/C20H29N5O2/c1-2-14-12-21-23-19(14)15-6-5-10-24(13-15)18(26)9-11-25-17-8-4-3-7-16(17)22-20(25)27/h3-4,7-8,14-15,19,21,23H,2,5-6,9-13H2,1H3,(H,22,27). The third-order valence-electron chi connectivity index (χ3n) is 6.21. The molecular weight excluding hydrogens is 342 g/mol. The Kier molecular flexibility index (Phi) is 5.31. The molecule has 1 aromatic carbocycles. The molecule has 0 saturated carbocycles. The highest BCUT2D eigenvalue weighted by molar-refractivity contribution is 5.77. The van der Waals surface area contributed by atoms with Crippen LogP contribution in [0.4, 0.5) is 0 Å². The van der Waals surface area contributed by atoms with Gasteiger partial charge in [-0.25, -0.2) is 4.79 Å². The van der Waals surface area contributed by atoms with Crippen LogP contribution >= 0.6 is 0 Å². The zero-order valence-electron chi connectivity index (χ0n) is 15.9. The Balaban J connectivity index is 1.39. The van der Waals surface area contributed by atoms with Gasteiger partial charge in [-0.05, 0) is 36.8 Å². The van der Waals surface area contributed by atoms with E-state index in [-0.39, 0.29) is 11.6 Å². The van der Waals surface area contributed by atoms with E-state index < -0.39 is 0 Å². The first kappa shape index (κ1) is 18.3. The van der Waals surface area contributed by atoms with Gasteiger partial charge in [-0.1, -0.05) is 25.5 Å². The number of hydrogen-bond acceptors (Lipinski definition) is 4. The molecule has 3 heterocycles. The molecule has 0 radical (unpaired) electrons. The number of carbonyl (C=O) groups is 1. The average Bonchev–Trinajstić information content (AvgIpc) is 3.30. The number of aryl methyl sites for hydroxylation is 1. The number of benzene rings is 1. The molecule has 3 atom stereocenters. The lowest BCUT2D eigenvalue weighted by Crippen LogP contribution is -2.48. The molecule has 7 heteroatoms. The quantitative estimate of drug-likeness (QED) is 0.743. The molecule has 27 heavy (non-hydrogen) atoms. The van der Waals surface area contributed by atoms with Crippen LogP contribution < -0.4 is 16.5 Å². The minimum atomic E-state index is -0.146. The maximum absolute atomic E-state index is 12.8. The Morgan fingerprint density at radius 3 is 3.00 bits per heavy atom. The first-order valence-electron chi connectivity index (χ1n) is 10.1. The summed E-state index contributed by atoms with van der Waals surface area (Å²) in [5.41, 5.74) is 8.25. The Morgan fingerprint density at radius 2 is 2.15 bits per heavy atom.